The van der Waals surface area contributed by atoms with Crippen LogP contribution in [0.25, 0.3) is 0 Å². The molecular weight excluding hydrogens is 328 g/mol. The van der Waals surface area contributed by atoms with Gasteiger partial charge in [0, 0.05) is 6.92 Å². The summed E-state index contributed by atoms with van der Waals surface area (Å²) in [6.45, 7) is 10.8. The monoisotopic (exact) mass is 364 g/mol. The van der Waals surface area contributed by atoms with Crippen molar-refractivity contribution < 1.29 is 19.4 Å². The van der Waals surface area contributed by atoms with Crippen LogP contribution in [0.1, 0.15) is 79.6 Å². The van der Waals surface area contributed by atoms with Crippen molar-refractivity contribution in [3.05, 3.63) is 11.6 Å². The average molecular weight is 365 g/mol. The Morgan fingerprint density at radius 1 is 1.31 bits per heavy atom. The molecule has 0 heterocycles. The van der Waals surface area contributed by atoms with Gasteiger partial charge >= 0.3 is 11.9 Å². The van der Waals surface area contributed by atoms with Gasteiger partial charge in [-0.2, -0.15) is 0 Å². The van der Waals surface area contributed by atoms with Gasteiger partial charge in [-0.25, -0.2) is 0 Å². The summed E-state index contributed by atoms with van der Waals surface area (Å²) in [5.74, 6) is 0.384. The number of carbonyl (C=O) groups is 2. The molecule has 2 aliphatic rings. The first kappa shape index (κ1) is 21.0. The molecule has 5 atom stereocenters. The molecule has 0 saturated heterocycles. The lowest BCUT2D eigenvalue weighted by atomic mass is 9.51. The third kappa shape index (κ3) is 4.15. The number of carboxylic acid groups (broad SMARTS) is 1. The highest BCUT2D eigenvalue weighted by atomic mass is 16.5. The molecule has 4 heteroatoms. The van der Waals surface area contributed by atoms with E-state index < -0.39 is 11.4 Å². The molecule has 0 radical (unpaired) electrons. The van der Waals surface area contributed by atoms with Crippen molar-refractivity contribution in [2.24, 2.45) is 28.6 Å². The van der Waals surface area contributed by atoms with Crippen molar-refractivity contribution in [2.45, 2.75) is 79.6 Å². The van der Waals surface area contributed by atoms with Crippen LogP contribution in [0.2, 0.25) is 0 Å². The fourth-order valence-electron chi connectivity index (χ4n) is 5.05. The summed E-state index contributed by atoms with van der Waals surface area (Å²) in [7, 11) is 0. The van der Waals surface area contributed by atoms with Gasteiger partial charge in [0.1, 0.15) is 0 Å². The summed E-state index contributed by atoms with van der Waals surface area (Å²) in [5.41, 5.74) is 0.863. The van der Waals surface area contributed by atoms with E-state index >= 15 is 0 Å². The summed E-state index contributed by atoms with van der Waals surface area (Å²) < 4.78 is 5.07. The van der Waals surface area contributed by atoms with E-state index in [0.29, 0.717) is 18.4 Å². The van der Waals surface area contributed by atoms with Gasteiger partial charge in [-0.15, -0.1) is 0 Å². The molecule has 4 nitrogen and oxygen atoms in total. The SMILES string of the molecule is CC(=O)OCCC(C)CCC1(C)C2=CCCC(C)(C(=O)O)C2CCC1C. The summed E-state index contributed by atoms with van der Waals surface area (Å²) in [4.78, 5) is 22.9. The second-order valence-corrected chi connectivity index (χ2v) is 9.14. The molecule has 0 aromatic rings. The van der Waals surface area contributed by atoms with Crippen molar-refractivity contribution in [1.29, 1.82) is 0 Å². The van der Waals surface area contributed by atoms with Gasteiger partial charge < -0.3 is 9.84 Å². The molecule has 148 valence electrons. The second-order valence-electron chi connectivity index (χ2n) is 9.14. The zero-order valence-electron chi connectivity index (χ0n) is 17.1. The number of carbonyl (C=O) groups excluding carboxylic acids is 1. The number of rotatable bonds is 7. The number of ether oxygens (including phenoxy) is 1. The average Bonchev–Trinajstić information content (AvgIpc) is 2.56. The molecule has 0 aromatic carbocycles. The van der Waals surface area contributed by atoms with E-state index in [9.17, 15) is 14.7 Å². The lowest BCUT2D eigenvalue weighted by molar-refractivity contribution is -0.153. The highest BCUT2D eigenvalue weighted by Gasteiger charge is 2.52. The van der Waals surface area contributed by atoms with Crippen molar-refractivity contribution in [3.8, 4) is 0 Å². The molecule has 26 heavy (non-hydrogen) atoms. The summed E-state index contributed by atoms with van der Waals surface area (Å²) in [6, 6.07) is 0. The molecule has 5 unspecified atom stereocenters. The van der Waals surface area contributed by atoms with Crippen molar-refractivity contribution >= 4 is 11.9 Å². The Morgan fingerprint density at radius 3 is 2.62 bits per heavy atom. The van der Waals surface area contributed by atoms with Gasteiger partial charge in [0.2, 0.25) is 0 Å². The number of allylic oxidation sites excluding steroid dienone is 2. The van der Waals surface area contributed by atoms with E-state index in [-0.39, 0.29) is 17.3 Å². The molecule has 0 bridgehead atoms. The van der Waals surface area contributed by atoms with Crippen molar-refractivity contribution in [3.63, 3.8) is 0 Å². The van der Waals surface area contributed by atoms with Crippen LogP contribution in [-0.4, -0.2) is 23.7 Å². The Kier molecular flexibility index (Phi) is 6.57. The minimum absolute atomic E-state index is 0.0791. The molecule has 0 amide bonds. The quantitative estimate of drug-likeness (QED) is 0.497. The van der Waals surface area contributed by atoms with E-state index in [4.69, 9.17) is 4.74 Å². The Morgan fingerprint density at radius 2 is 2.00 bits per heavy atom. The smallest absolute Gasteiger partial charge is 0.309 e. The maximum absolute atomic E-state index is 12.0. The first-order valence-corrected chi connectivity index (χ1v) is 10.2. The summed E-state index contributed by atoms with van der Waals surface area (Å²) in [6.07, 6.45) is 9.12. The molecule has 2 rings (SSSR count). The first-order chi connectivity index (χ1) is 12.1. The third-order valence-corrected chi connectivity index (χ3v) is 7.37. The molecule has 1 saturated carbocycles. The van der Waals surface area contributed by atoms with E-state index in [1.54, 1.807) is 0 Å². The number of carboxylic acids is 1. The zero-order chi connectivity index (χ0) is 19.5. The van der Waals surface area contributed by atoms with E-state index in [0.717, 1.165) is 44.9 Å². The molecule has 0 aliphatic heterocycles. The van der Waals surface area contributed by atoms with Gasteiger partial charge in [0.05, 0.1) is 12.0 Å². The predicted molar refractivity (Wildman–Crippen MR) is 103 cm³/mol. The molecule has 2 aliphatic carbocycles. The maximum Gasteiger partial charge on any atom is 0.309 e. The number of aliphatic carboxylic acids is 1. The fourth-order valence-corrected chi connectivity index (χ4v) is 5.05. The number of hydrogen-bond acceptors (Lipinski definition) is 3. The van der Waals surface area contributed by atoms with Gasteiger partial charge in [-0.1, -0.05) is 32.4 Å². The standard InChI is InChI=1S/C22H36O4/c1-15(11-14-26-17(3)23)10-13-21(4)16(2)8-9-19-18(21)7-6-12-22(19,5)20(24)25/h7,15-16,19H,6,8-14H2,1-5H3,(H,24,25). The van der Waals surface area contributed by atoms with Crippen molar-refractivity contribution in [2.75, 3.05) is 6.61 Å². The van der Waals surface area contributed by atoms with Crippen LogP contribution < -0.4 is 0 Å². The highest BCUT2D eigenvalue weighted by molar-refractivity contribution is 5.75. The summed E-state index contributed by atoms with van der Waals surface area (Å²) >= 11 is 0. The Bertz CT molecular complexity index is 566. The minimum atomic E-state index is -0.639. The van der Waals surface area contributed by atoms with Crippen LogP contribution >= 0.6 is 0 Å². The lowest BCUT2D eigenvalue weighted by Gasteiger charge is -2.52. The van der Waals surface area contributed by atoms with Crippen LogP contribution in [0.15, 0.2) is 11.6 Å². The Hall–Kier alpha value is -1.32. The Balaban J connectivity index is 2.09. The van der Waals surface area contributed by atoms with Gasteiger partial charge in [0.25, 0.3) is 0 Å². The number of fused-ring (bicyclic) bond motifs is 1. The van der Waals surface area contributed by atoms with Gasteiger partial charge in [-0.3, -0.25) is 9.59 Å². The molecule has 1 fully saturated rings. The molecular formula is C22H36O4. The Labute approximate surface area is 158 Å². The normalized spacial score (nSPS) is 35.2. The van der Waals surface area contributed by atoms with Gasteiger partial charge in [0.15, 0.2) is 0 Å². The van der Waals surface area contributed by atoms with Crippen LogP contribution in [0.5, 0.6) is 0 Å². The van der Waals surface area contributed by atoms with Crippen LogP contribution in [0.4, 0.5) is 0 Å². The molecule has 1 N–H and O–H groups in total. The number of hydrogen-bond donors (Lipinski definition) is 1. The zero-order valence-corrected chi connectivity index (χ0v) is 17.1. The van der Waals surface area contributed by atoms with Gasteiger partial charge in [-0.05, 0) is 75.0 Å². The largest absolute Gasteiger partial charge is 0.481 e. The summed E-state index contributed by atoms with van der Waals surface area (Å²) in [5, 5.41) is 9.86. The number of esters is 1. The first-order valence-electron chi connectivity index (χ1n) is 10.2. The maximum atomic E-state index is 12.0. The van der Waals surface area contributed by atoms with E-state index in [1.165, 1.54) is 12.5 Å². The van der Waals surface area contributed by atoms with Crippen LogP contribution in [0.3, 0.4) is 0 Å². The topological polar surface area (TPSA) is 63.6 Å². The lowest BCUT2D eigenvalue weighted by Crippen LogP contribution is -2.47. The highest BCUT2D eigenvalue weighted by Crippen LogP contribution is 2.58. The fraction of sp³-hybridized carbons (Fsp3) is 0.818. The molecule has 0 aromatic heterocycles. The minimum Gasteiger partial charge on any atom is -0.481 e. The van der Waals surface area contributed by atoms with E-state index in [1.807, 2.05) is 6.92 Å². The second kappa shape index (κ2) is 8.14. The van der Waals surface area contributed by atoms with Crippen LogP contribution in [0, 0.1) is 28.6 Å². The molecule has 0 spiro atoms. The third-order valence-electron chi connectivity index (χ3n) is 7.37. The van der Waals surface area contributed by atoms with E-state index in [2.05, 4.69) is 26.8 Å². The van der Waals surface area contributed by atoms with Crippen LogP contribution in [-0.2, 0) is 14.3 Å². The van der Waals surface area contributed by atoms with Crippen molar-refractivity contribution in [1.82, 2.24) is 0 Å². The predicted octanol–water partition coefficient (Wildman–Crippen LogP) is 5.22.